The zero-order valence-electron chi connectivity index (χ0n) is 29.1. The Morgan fingerprint density at radius 3 is 2.28 bits per heavy atom. The first-order valence-corrected chi connectivity index (χ1v) is 17.9. The Labute approximate surface area is 297 Å². The number of nitrogens with one attached hydrogen (secondary N) is 1. The fourth-order valence-corrected chi connectivity index (χ4v) is 8.99. The van der Waals surface area contributed by atoms with Crippen molar-refractivity contribution in [3.8, 4) is 11.1 Å². The van der Waals surface area contributed by atoms with Gasteiger partial charge in [0.15, 0.2) is 0 Å². The molecule has 0 radical (unpaired) electrons. The van der Waals surface area contributed by atoms with Crippen LogP contribution in [0.1, 0.15) is 64.4 Å². The fraction of sp³-hybridized carbons (Fsp3) is 0.213. The number of fused-ring (bicyclic) bond motifs is 7. The van der Waals surface area contributed by atoms with Crippen molar-refractivity contribution in [3.05, 3.63) is 191 Å². The van der Waals surface area contributed by atoms with E-state index in [1.165, 1.54) is 61.2 Å². The van der Waals surface area contributed by atoms with Crippen molar-refractivity contribution < 1.29 is 0 Å². The Balaban J connectivity index is 1.28. The molecule has 0 saturated carbocycles. The first-order valence-electron chi connectivity index (χ1n) is 17.9. The largest absolute Gasteiger partial charge is 0.287 e. The van der Waals surface area contributed by atoms with Crippen molar-refractivity contribution in [2.24, 2.45) is 10.9 Å². The molecule has 0 saturated heterocycles. The predicted molar refractivity (Wildman–Crippen MR) is 211 cm³/mol. The van der Waals surface area contributed by atoms with Crippen LogP contribution >= 0.6 is 0 Å². The summed E-state index contributed by atoms with van der Waals surface area (Å²) in [7, 11) is 2.24. The quantitative estimate of drug-likeness (QED) is 0.137. The number of aliphatic imine (C=N–C) groups is 1. The topological polar surface area (TPSA) is 27.6 Å². The van der Waals surface area contributed by atoms with Crippen LogP contribution in [-0.2, 0) is 5.41 Å². The molecule has 248 valence electrons. The van der Waals surface area contributed by atoms with Crippen LogP contribution in [0.2, 0.25) is 0 Å². The summed E-state index contributed by atoms with van der Waals surface area (Å²) in [5.74, 6) is 0.312. The summed E-state index contributed by atoms with van der Waals surface area (Å²) in [5, 5.41) is 4.00. The van der Waals surface area contributed by atoms with Crippen LogP contribution in [0.4, 0.5) is 0 Å². The second kappa shape index (κ2) is 13.3. The number of allylic oxidation sites excluding steroid dienone is 9. The van der Waals surface area contributed by atoms with E-state index in [2.05, 4.69) is 177 Å². The van der Waals surface area contributed by atoms with Gasteiger partial charge in [-0.2, -0.15) is 0 Å². The van der Waals surface area contributed by atoms with Crippen LogP contribution in [0.5, 0.6) is 0 Å². The number of rotatable bonds is 10. The summed E-state index contributed by atoms with van der Waals surface area (Å²) >= 11 is 0. The third-order valence-corrected chi connectivity index (χ3v) is 11.2. The summed E-state index contributed by atoms with van der Waals surface area (Å²) in [6.45, 7) is 11.7. The lowest BCUT2D eigenvalue weighted by molar-refractivity contribution is 0.157. The number of likely N-dealkylation sites (N-methyl/N-ethyl adjacent to an activating group) is 1. The van der Waals surface area contributed by atoms with Crippen LogP contribution in [0, 0.1) is 12.8 Å². The second-order valence-electron chi connectivity index (χ2n) is 14.1. The van der Waals surface area contributed by atoms with Crippen molar-refractivity contribution in [1.29, 1.82) is 0 Å². The van der Waals surface area contributed by atoms with Crippen molar-refractivity contribution in [1.82, 2.24) is 10.2 Å². The van der Waals surface area contributed by atoms with Crippen LogP contribution < -0.4 is 5.32 Å². The molecule has 0 amide bonds. The zero-order valence-corrected chi connectivity index (χ0v) is 29.1. The number of hydrogen-bond acceptors (Lipinski definition) is 3. The van der Waals surface area contributed by atoms with Crippen molar-refractivity contribution in [2.75, 3.05) is 13.6 Å². The minimum Gasteiger partial charge on any atom is -0.287 e. The Bertz CT molecular complexity index is 2140. The fourth-order valence-electron chi connectivity index (χ4n) is 8.99. The summed E-state index contributed by atoms with van der Waals surface area (Å²) in [4.78, 5) is 7.26. The maximum atomic E-state index is 4.79. The normalized spacial score (nSPS) is 21.2. The Morgan fingerprint density at radius 2 is 1.58 bits per heavy atom. The highest BCUT2D eigenvalue weighted by atomic mass is 15.3. The molecule has 1 N–H and O–H groups in total. The smallest absolute Gasteiger partial charge is 0.126 e. The van der Waals surface area contributed by atoms with Gasteiger partial charge in [-0.3, -0.25) is 15.2 Å². The van der Waals surface area contributed by atoms with Gasteiger partial charge in [-0.15, -0.1) is 0 Å². The van der Waals surface area contributed by atoms with Gasteiger partial charge < -0.3 is 0 Å². The Hall–Kier alpha value is -5.09. The molecule has 0 fully saturated rings. The molecule has 0 heterocycles. The molecule has 8 rings (SSSR count). The zero-order chi connectivity index (χ0) is 34.2. The van der Waals surface area contributed by atoms with E-state index < -0.39 is 5.41 Å². The SMILES string of the molecule is C=CC1=C(c2ccccc2C)C2(c3ccccc31)c1ccccc1-c1ccc(C(N=C)NC(C3C=CC=CC3)N(C)CC3=CC=CCC3)cc12. The third-order valence-electron chi connectivity index (χ3n) is 11.2. The number of nitrogens with zero attached hydrogens (tertiary/aromatic N) is 2. The molecule has 4 atom stereocenters. The minimum absolute atomic E-state index is 0.0694. The van der Waals surface area contributed by atoms with E-state index in [0.717, 1.165) is 31.4 Å². The highest BCUT2D eigenvalue weighted by molar-refractivity contribution is 6.12. The molecular weight excluding hydrogens is 607 g/mol. The Kier molecular flexibility index (Phi) is 8.56. The molecule has 0 aliphatic heterocycles. The van der Waals surface area contributed by atoms with Gasteiger partial charge in [0.1, 0.15) is 6.17 Å². The van der Waals surface area contributed by atoms with E-state index in [1.54, 1.807) is 0 Å². The Morgan fingerprint density at radius 1 is 0.860 bits per heavy atom. The van der Waals surface area contributed by atoms with Gasteiger partial charge in [0.25, 0.3) is 0 Å². The average molecular weight is 652 g/mol. The van der Waals surface area contributed by atoms with Gasteiger partial charge in [0.05, 0.1) is 11.6 Å². The van der Waals surface area contributed by atoms with Gasteiger partial charge in [0, 0.05) is 12.5 Å². The summed E-state index contributed by atoms with van der Waals surface area (Å²) in [6.07, 6.45) is 20.7. The highest BCUT2D eigenvalue weighted by Gasteiger charge is 2.53. The van der Waals surface area contributed by atoms with Crippen LogP contribution in [0.3, 0.4) is 0 Å². The average Bonchev–Trinajstić information content (AvgIpc) is 3.62. The van der Waals surface area contributed by atoms with E-state index in [1.807, 2.05) is 0 Å². The highest BCUT2D eigenvalue weighted by Crippen LogP contribution is 2.65. The summed E-state index contributed by atoms with van der Waals surface area (Å²) in [6, 6.07) is 33.7. The maximum Gasteiger partial charge on any atom is 0.126 e. The molecule has 4 unspecified atom stereocenters. The van der Waals surface area contributed by atoms with E-state index in [4.69, 9.17) is 4.99 Å². The van der Waals surface area contributed by atoms with Crippen molar-refractivity contribution in [3.63, 3.8) is 0 Å². The van der Waals surface area contributed by atoms with Gasteiger partial charge >= 0.3 is 0 Å². The van der Waals surface area contributed by atoms with Crippen molar-refractivity contribution >= 4 is 17.9 Å². The molecule has 1 spiro atoms. The lowest BCUT2D eigenvalue weighted by atomic mass is 9.67. The number of aryl methyl sites for hydroxylation is 1. The lowest BCUT2D eigenvalue weighted by Gasteiger charge is -2.37. The van der Waals surface area contributed by atoms with Gasteiger partial charge in [-0.25, -0.2) is 0 Å². The van der Waals surface area contributed by atoms with E-state index >= 15 is 0 Å². The maximum absolute atomic E-state index is 4.79. The monoisotopic (exact) mass is 651 g/mol. The standard InChI is InChI=1S/C47H45N3/c1-5-36-38-24-14-16-26-41(38)47(44(36)37-23-13-12-18-32(37)2)42-27-17-15-25-39(42)40-29-28-35(30-43(40)47)45(48-3)49-46(34-21-10-7-11-22-34)50(4)31-33-19-8-6-9-20-33/h5-8,10-19,21,23-30,34,45-46,49H,1,3,9,20,22,31H2,2,4H3. The molecule has 4 aliphatic carbocycles. The van der Waals surface area contributed by atoms with E-state index in [0.29, 0.717) is 5.92 Å². The first-order chi connectivity index (χ1) is 24.6. The molecule has 3 nitrogen and oxygen atoms in total. The van der Waals surface area contributed by atoms with Gasteiger partial charge in [-0.05, 0) is 101 Å². The van der Waals surface area contributed by atoms with Crippen LogP contribution in [0.25, 0.3) is 22.3 Å². The lowest BCUT2D eigenvalue weighted by Crippen LogP contribution is -2.50. The summed E-state index contributed by atoms with van der Waals surface area (Å²) in [5.41, 5.74) is 14.8. The summed E-state index contributed by atoms with van der Waals surface area (Å²) < 4.78 is 0. The molecule has 4 aromatic rings. The molecule has 4 aliphatic rings. The van der Waals surface area contributed by atoms with Crippen LogP contribution in [-0.4, -0.2) is 31.4 Å². The number of hydrogen-bond donors (Lipinski definition) is 1. The first kappa shape index (κ1) is 32.1. The molecule has 0 aromatic heterocycles. The predicted octanol–water partition coefficient (Wildman–Crippen LogP) is 10.4. The second-order valence-corrected chi connectivity index (χ2v) is 14.1. The van der Waals surface area contributed by atoms with E-state index in [9.17, 15) is 0 Å². The van der Waals surface area contributed by atoms with Crippen molar-refractivity contribution in [2.45, 2.75) is 43.9 Å². The molecule has 3 heteroatoms. The van der Waals surface area contributed by atoms with E-state index in [-0.39, 0.29) is 12.3 Å². The van der Waals surface area contributed by atoms with Gasteiger partial charge in [-0.1, -0.05) is 152 Å². The molecule has 4 aromatic carbocycles. The van der Waals surface area contributed by atoms with Gasteiger partial charge in [0.2, 0.25) is 0 Å². The number of benzene rings is 4. The molecular formula is C47H45N3. The van der Waals surface area contributed by atoms with Crippen LogP contribution in [0.15, 0.2) is 157 Å². The third kappa shape index (κ3) is 5.16. The molecule has 50 heavy (non-hydrogen) atoms. The minimum atomic E-state index is -0.506. The molecule has 0 bridgehead atoms.